The fourth-order valence-corrected chi connectivity index (χ4v) is 3.82. The normalized spacial score (nSPS) is 11.1. The lowest BCUT2D eigenvalue weighted by Crippen LogP contribution is -1.91. The second kappa shape index (κ2) is 6.41. The predicted octanol–water partition coefficient (Wildman–Crippen LogP) is 5.33. The van der Waals surface area contributed by atoms with Crippen molar-refractivity contribution in [1.29, 1.82) is 0 Å². The third-order valence-corrected chi connectivity index (χ3v) is 5.26. The summed E-state index contributed by atoms with van der Waals surface area (Å²) < 4.78 is 15.2. The summed E-state index contributed by atoms with van der Waals surface area (Å²) in [6, 6.07) is 24.8. The van der Waals surface area contributed by atoms with Gasteiger partial charge in [-0.15, -0.1) is 10.2 Å². The van der Waals surface area contributed by atoms with Crippen molar-refractivity contribution in [3.05, 3.63) is 84.7 Å². The molecule has 0 saturated heterocycles. The molecule has 130 valence electrons. The van der Waals surface area contributed by atoms with Crippen LogP contribution in [0.2, 0.25) is 0 Å². The number of rotatable bonds is 3. The average molecular weight is 372 g/mol. The van der Waals surface area contributed by atoms with E-state index in [0.29, 0.717) is 16.3 Å². The second-order valence-electron chi connectivity index (χ2n) is 6.08. The van der Waals surface area contributed by atoms with Crippen LogP contribution in [0.1, 0.15) is 0 Å². The first-order valence-corrected chi connectivity index (χ1v) is 9.24. The molecule has 2 heterocycles. The van der Waals surface area contributed by atoms with Gasteiger partial charge in [0.25, 0.3) is 0 Å². The summed E-state index contributed by atoms with van der Waals surface area (Å²) in [6.07, 6.45) is 0. The molecule has 0 saturated carbocycles. The van der Waals surface area contributed by atoms with Crippen LogP contribution in [0.3, 0.4) is 0 Å². The predicted molar refractivity (Wildman–Crippen MR) is 105 cm³/mol. The Morgan fingerprint density at radius 2 is 1.41 bits per heavy atom. The highest BCUT2D eigenvalue weighted by Crippen LogP contribution is 2.30. The van der Waals surface area contributed by atoms with Crippen molar-refractivity contribution < 1.29 is 4.39 Å². The Kier molecular flexibility index (Phi) is 3.76. The molecule has 0 aliphatic heterocycles. The molecule has 27 heavy (non-hydrogen) atoms. The van der Waals surface area contributed by atoms with E-state index in [1.165, 1.54) is 29.0 Å². The Hall–Kier alpha value is -3.38. The molecule has 3 aromatic carbocycles. The summed E-state index contributed by atoms with van der Waals surface area (Å²) in [5.74, 6) is 0.226. The number of fused-ring (bicyclic) bond motifs is 1. The zero-order valence-corrected chi connectivity index (χ0v) is 14.9. The second-order valence-corrected chi connectivity index (χ2v) is 7.03. The minimum atomic E-state index is -0.309. The van der Waals surface area contributed by atoms with E-state index in [0.717, 1.165) is 16.1 Å². The van der Waals surface area contributed by atoms with Gasteiger partial charge in [0.2, 0.25) is 4.96 Å². The molecule has 0 aliphatic rings. The molecule has 0 radical (unpaired) electrons. The van der Waals surface area contributed by atoms with Crippen molar-refractivity contribution in [2.45, 2.75) is 0 Å². The summed E-state index contributed by atoms with van der Waals surface area (Å²) in [5, 5.41) is 13.8. The molecule has 5 aromatic rings. The molecule has 0 spiro atoms. The van der Waals surface area contributed by atoms with Gasteiger partial charge in [-0.05, 0) is 23.3 Å². The molecule has 6 heteroatoms. The highest BCUT2D eigenvalue weighted by atomic mass is 32.1. The minimum Gasteiger partial charge on any atom is -0.207 e. The Morgan fingerprint density at radius 3 is 2.19 bits per heavy atom. The van der Waals surface area contributed by atoms with E-state index in [4.69, 9.17) is 0 Å². The molecular weight excluding hydrogens is 359 g/mol. The third kappa shape index (κ3) is 2.90. The molecule has 0 aliphatic carbocycles. The first kappa shape index (κ1) is 15.8. The monoisotopic (exact) mass is 372 g/mol. The molecule has 5 rings (SSSR count). The molecule has 4 nitrogen and oxygen atoms in total. The first-order valence-electron chi connectivity index (χ1n) is 8.42. The number of hydrogen-bond acceptors (Lipinski definition) is 4. The van der Waals surface area contributed by atoms with E-state index in [1.54, 1.807) is 16.6 Å². The van der Waals surface area contributed by atoms with Crippen molar-refractivity contribution in [3.63, 3.8) is 0 Å². The summed E-state index contributed by atoms with van der Waals surface area (Å²) in [4.78, 5) is 0.677. The average Bonchev–Trinajstić information content (AvgIpc) is 3.30. The first-order chi connectivity index (χ1) is 13.3. The summed E-state index contributed by atoms with van der Waals surface area (Å²) >= 11 is 1.46. The molecule has 2 aromatic heterocycles. The molecule has 0 atom stereocenters. The fraction of sp³-hybridized carbons (Fsp3) is 0. The van der Waals surface area contributed by atoms with Gasteiger partial charge >= 0.3 is 0 Å². The van der Waals surface area contributed by atoms with Crippen LogP contribution in [0.25, 0.3) is 38.0 Å². The maximum absolute atomic E-state index is 13.5. The number of halogens is 1. The lowest BCUT2D eigenvalue weighted by Gasteiger charge is -2.02. The Bertz CT molecular complexity index is 1230. The smallest absolute Gasteiger partial charge is 0.207 e. The molecule has 0 N–H and O–H groups in total. The van der Waals surface area contributed by atoms with Crippen LogP contribution >= 0.6 is 11.3 Å². The summed E-state index contributed by atoms with van der Waals surface area (Å²) in [7, 11) is 0. The summed E-state index contributed by atoms with van der Waals surface area (Å²) in [6.45, 7) is 0. The van der Waals surface area contributed by atoms with Crippen LogP contribution < -0.4 is 0 Å². The number of aromatic nitrogens is 4. The van der Waals surface area contributed by atoms with Crippen LogP contribution in [-0.2, 0) is 0 Å². The largest absolute Gasteiger partial charge is 0.235 e. The van der Waals surface area contributed by atoms with E-state index in [1.807, 2.05) is 18.2 Å². The molecule has 0 unspecified atom stereocenters. The zero-order valence-electron chi connectivity index (χ0n) is 14.1. The molecule has 0 bridgehead atoms. The van der Waals surface area contributed by atoms with E-state index >= 15 is 0 Å². The highest BCUT2D eigenvalue weighted by molar-refractivity contribution is 7.19. The van der Waals surface area contributed by atoms with Gasteiger partial charge in [0.1, 0.15) is 10.8 Å². The Morgan fingerprint density at radius 1 is 0.704 bits per heavy atom. The fourth-order valence-electron chi connectivity index (χ4n) is 2.98. The van der Waals surface area contributed by atoms with Gasteiger partial charge in [-0.1, -0.05) is 78.1 Å². The highest BCUT2D eigenvalue weighted by Gasteiger charge is 2.15. The van der Waals surface area contributed by atoms with Gasteiger partial charge in [0, 0.05) is 11.1 Å². The van der Waals surface area contributed by atoms with Crippen molar-refractivity contribution in [3.8, 4) is 33.1 Å². The van der Waals surface area contributed by atoms with Crippen LogP contribution in [0.4, 0.5) is 4.39 Å². The zero-order chi connectivity index (χ0) is 18.2. The van der Waals surface area contributed by atoms with E-state index in [2.05, 4.69) is 51.7 Å². The topological polar surface area (TPSA) is 43.1 Å². The number of nitrogens with zero attached hydrogens (tertiary/aromatic N) is 4. The number of benzene rings is 3. The number of hydrogen-bond donors (Lipinski definition) is 0. The van der Waals surface area contributed by atoms with Gasteiger partial charge in [0.15, 0.2) is 5.82 Å². The van der Waals surface area contributed by atoms with Crippen LogP contribution in [0, 0.1) is 5.82 Å². The Balaban J connectivity index is 1.53. The van der Waals surface area contributed by atoms with Gasteiger partial charge in [-0.25, -0.2) is 4.39 Å². The molecular formula is C21H13FN4S. The maximum Gasteiger partial charge on any atom is 0.235 e. The standard InChI is InChI=1S/C21H13FN4S/c22-18-8-4-7-17(13-18)19-23-24-21-26(19)25-20(27-21)16-11-9-15(10-12-16)14-5-2-1-3-6-14/h1-13H. The van der Waals surface area contributed by atoms with E-state index in [-0.39, 0.29) is 5.82 Å². The van der Waals surface area contributed by atoms with Crippen molar-refractivity contribution in [1.82, 2.24) is 19.8 Å². The van der Waals surface area contributed by atoms with Crippen molar-refractivity contribution in [2.75, 3.05) is 0 Å². The third-order valence-electron chi connectivity index (χ3n) is 4.31. The molecule has 0 fully saturated rings. The van der Waals surface area contributed by atoms with Gasteiger partial charge in [0.05, 0.1) is 0 Å². The summed E-state index contributed by atoms with van der Waals surface area (Å²) in [5.41, 5.74) is 3.99. The van der Waals surface area contributed by atoms with Crippen molar-refractivity contribution in [2.24, 2.45) is 0 Å². The lowest BCUT2D eigenvalue weighted by molar-refractivity contribution is 0.628. The quantitative estimate of drug-likeness (QED) is 0.430. The lowest BCUT2D eigenvalue weighted by atomic mass is 10.0. The van der Waals surface area contributed by atoms with Gasteiger partial charge < -0.3 is 0 Å². The maximum atomic E-state index is 13.5. The Labute approximate surface area is 158 Å². The van der Waals surface area contributed by atoms with Gasteiger partial charge in [-0.2, -0.15) is 9.61 Å². The van der Waals surface area contributed by atoms with E-state index in [9.17, 15) is 4.39 Å². The van der Waals surface area contributed by atoms with Crippen molar-refractivity contribution >= 4 is 16.3 Å². The van der Waals surface area contributed by atoms with Gasteiger partial charge in [-0.3, -0.25) is 0 Å². The van der Waals surface area contributed by atoms with E-state index < -0.39 is 0 Å². The van der Waals surface area contributed by atoms with Crippen LogP contribution in [0.5, 0.6) is 0 Å². The SMILES string of the molecule is Fc1cccc(-c2nnc3sc(-c4ccc(-c5ccccc5)cc4)nn23)c1. The molecule has 0 amide bonds. The minimum absolute atomic E-state index is 0.309. The van der Waals surface area contributed by atoms with Crippen LogP contribution in [0.15, 0.2) is 78.9 Å². The van der Waals surface area contributed by atoms with Crippen LogP contribution in [-0.4, -0.2) is 19.8 Å².